The van der Waals surface area contributed by atoms with Gasteiger partial charge in [0.15, 0.2) is 0 Å². The summed E-state index contributed by atoms with van der Waals surface area (Å²) in [5, 5.41) is 0. The van der Waals surface area contributed by atoms with Crippen LogP contribution in [0.3, 0.4) is 0 Å². The molecule has 1 rings (SSSR count). The Hall–Kier alpha value is -0.0800. The Bertz CT molecular complexity index is 85.0. The number of ether oxygens (including phenoxy) is 1. The van der Waals surface area contributed by atoms with Gasteiger partial charge in [0.1, 0.15) is 0 Å². The number of nitrogens with zero attached hydrogens (tertiary/aromatic N) is 1. The van der Waals surface area contributed by atoms with Gasteiger partial charge in [0.05, 0.1) is 6.10 Å². The molecule has 0 saturated carbocycles. The zero-order valence-corrected chi connectivity index (χ0v) is 5.97. The van der Waals surface area contributed by atoms with Gasteiger partial charge in [-0.15, -0.1) is 0 Å². The molecular formula is C7H14NO. The van der Waals surface area contributed by atoms with Crippen LogP contribution in [0.25, 0.3) is 0 Å². The van der Waals surface area contributed by atoms with E-state index in [1.54, 1.807) is 7.11 Å². The molecule has 9 heavy (non-hydrogen) atoms. The Morgan fingerprint density at radius 3 is 2.89 bits per heavy atom. The van der Waals surface area contributed by atoms with Crippen LogP contribution in [-0.4, -0.2) is 31.2 Å². The Balaban J connectivity index is 2.23. The van der Waals surface area contributed by atoms with Crippen LogP contribution in [0, 0.1) is 7.05 Å². The molecule has 0 unspecified atom stereocenters. The highest BCUT2D eigenvalue weighted by Gasteiger charge is 2.15. The van der Waals surface area contributed by atoms with Crippen molar-refractivity contribution in [2.45, 2.75) is 18.9 Å². The van der Waals surface area contributed by atoms with Gasteiger partial charge in [0.2, 0.25) is 0 Å². The molecule has 1 aliphatic heterocycles. The van der Waals surface area contributed by atoms with Crippen LogP contribution < -0.4 is 0 Å². The lowest BCUT2D eigenvalue weighted by Gasteiger charge is -2.28. The maximum absolute atomic E-state index is 5.18. The van der Waals surface area contributed by atoms with Crippen molar-refractivity contribution in [3.05, 3.63) is 7.05 Å². The zero-order chi connectivity index (χ0) is 6.69. The van der Waals surface area contributed by atoms with Crippen molar-refractivity contribution >= 4 is 0 Å². The molecule has 0 spiro atoms. The first kappa shape index (κ1) is 7.03. The van der Waals surface area contributed by atoms with Gasteiger partial charge in [-0.1, -0.05) is 0 Å². The molecule has 2 heteroatoms. The van der Waals surface area contributed by atoms with Crippen molar-refractivity contribution in [3.63, 3.8) is 0 Å². The summed E-state index contributed by atoms with van der Waals surface area (Å²) in [5.74, 6) is 0. The molecule has 0 bridgehead atoms. The van der Waals surface area contributed by atoms with E-state index in [4.69, 9.17) is 4.74 Å². The highest BCUT2D eigenvalue weighted by atomic mass is 16.5. The summed E-state index contributed by atoms with van der Waals surface area (Å²) >= 11 is 0. The van der Waals surface area contributed by atoms with Gasteiger partial charge in [0, 0.05) is 20.7 Å². The van der Waals surface area contributed by atoms with E-state index in [1.807, 2.05) is 0 Å². The molecule has 2 nitrogen and oxygen atoms in total. The van der Waals surface area contributed by atoms with Crippen molar-refractivity contribution in [3.8, 4) is 0 Å². The smallest absolute Gasteiger partial charge is 0.0698 e. The lowest BCUT2D eigenvalue weighted by molar-refractivity contribution is 0.0465. The minimum absolute atomic E-state index is 0.427. The lowest BCUT2D eigenvalue weighted by Crippen LogP contribution is -2.34. The minimum atomic E-state index is 0.427. The van der Waals surface area contributed by atoms with Crippen LogP contribution in [0.1, 0.15) is 12.8 Å². The number of hydrogen-bond acceptors (Lipinski definition) is 2. The quantitative estimate of drug-likeness (QED) is 0.520. The van der Waals surface area contributed by atoms with Gasteiger partial charge in [0.25, 0.3) is 0 Å². The standard InChI is InChI=1S/C7H14NO/c1-8-5-3-4-7(6-8)9-2/h7H,1,3-6H2,2H3/t7-/m0/s1. The monoisotopic (exact) mass is 128 g/mol. The van der Waals surface area contributed by atoms with Crippen LogP contribution in [0.2, 0.25) is 0 Å². The van der Waals surface area contributed by atoms with E-state index in [9.17, 15) is 0 Å². The summed E-state index contributed by atoms with van der Waals surface area (Å²) in [4.78, 5) is 2.07. The van der Waals surface area contributed by atoms with Gasteiger partial charge in [-0.25, -0.2) is 0 Å². The highest BCUT2D eigenvalue weighted by molar-refractivity contribution is 4.71. The molecule has 1 aliphatic rings. The van der Waals surface area contributed by atoms with Gasteiger partial charge in [-0.05, 0) is 19.4 Å². The van der Waals surface area contributed by atoms with Crippen molar-refractivity contribution in [2.24, 2.45) is 0 Å². The van der Waals surface area contributed by atoms with E-state index in [1.165, 1.54) is 12.8 Å². The Labute approximate surface area is 56.8 Å². The summed E-state index contributed by atoms with van der Waals surface area (Å²) < 4.78 is 5.18. The first-order valence-electron chi connectivity index (χ1n) is 3.41. The Morgan fingerprint density at radius 1 is 1.67 bits per heavy atom. The average molecular weight is 128 g/mol. The fourth-order valence-electron chi connectivity index (χ4n) is 1.21. The number of hydrogen-bond donors (Lipinski definition) is 0. The molecule has 1 fully saturated rings. The molecular weight excluding hydrogens is 114 g/mol. The van der Waals surface area contributed by atoms with Crippen LogP contribution in [0.4, 0.5) is 0 Å². The molecule has 53 valence electrons. The molecule has 0 aromatic heterocycles. The van der Waals surface area contributed by atoms with E-state index in [0.29, 0.717) is 6.10 Å². The SMILES string of the molecule is [CH2]N1CCC[C@H](OC)C1. The molecule has 1 atom stereocenters. The van der Waals surface area contributed by atoms with E-state index < -0.39 is 0 Å². The van der Waals surface area contributed by atoms with Crippen LogP contribution in [0.15, 0.2) is 0 Å². The van der Waals surface area contributed by atoms with E-state index in [-0.39, 0.29) is 0 Å². The van der Waals surface area contributed by atoms with E-state index in [2.05, 4.69) is 11.9 Å². The third-order valence-corrected chi connectivity index (χ3v) is 1.80. The predicted molar refractivity (Wildman–Crippen MR) is 37.0 cm³/mol. The third kappa shape index (κ3) is 1.95. The molecule has 0 aromatic carbocycles. The summed E-state index contributed by atoms with van der Waals surface area (Å²) in [6, 6.07) is 0. The van der Waals surface area contributed by atoms with Gasteiger partial charge in [-0.3, -0.25) is 4.90 Å². The van der Waals surface area contributed by atoms with Crippen LogP contribution >= 0.6 is 0 Å². The fourth-order valence-corrected chi connectivity index (χ4v) is 1.21. The maximum Gasteiger partial charge on any atom is 0.0698 e. The van der Waals surface area contributed by atoms with Crippen LogP contribution in [0.5, 0.6) is 0 Å². The Kier molecular flexibility index (Phi) is 2.49. The predicted octanol–water partition coefficient (Wildman–Crippen LogP) is 0.889. The lowest BCUT2D eigenvalue weighted by atomic mass is 10.1. The molecule has 0 N–H and O–H groups in total. The van der Waals surface area contributed by atoms with Crippen molar-refractivity contribution in [2.75, 3.05) is 20.2 Å². The second-order valence-corrected chi connectivity index (χ2v) is 2.58. The van der Waals surface area contributed by atoms with Crippen molar-refractivity contribution in [1.29, 1.82) is 0 Å². The van der Waals surface area contributed by atoms with Gasteiger partial charge >= 0.3 is 0 Å². The number of methoxy groups -OCH3 is 1. The number of likely N-dealkylation sites (tertiary alicyclic amines) is 1. The summed E-state index contributed by atoms with van der Waals surface area (Å²) in [5.41, 5.74) is 0. The van der Waals surface area contributed by atoms with Gasteiger partial charge in [-0.2, -0.15) is 0 Å². The third-order valence-electron chi connectivity index (χ3n) is 1.80. The summed E-state index contributed by atoms with van der Waals surface area (Å²) in [6.45, 7) is 2.12. The van der Waals surface area contributed by atoms with Crippen molar-refractivity contribution in [1.82, 2.24) is 4.90 Å². The number of rotatable bonds is 1. The molecule has 0 aromatic rings. The largest absolute Gasteiger partial charge is 0.380 e. The first-order chi connectivity index (χ1) is 4.33. The average Bonchev–Trinajstić information content (AvgIpc) is 1.88. The Morgan fingerprint density at radius 2 is 2.44 bits per heavy atom. The van der Waals surface area contributed by atoms with Gasteiger partial charge < -0.3 is 4.74 Å². The normalized spacial score (nSPS) is 30.7. The summed E-state index contributed by atoms with van der Waals surface area (Å²) in [7, 11) is 5.62. The van der Waals surface area contributed by atoms with Crippen LogP contribution in [-0.2, 0) is 4.74 Å². The second-order valence-electron chi connectivity index (χ2n) is 2.58. The number of piperidine rings is 1. The molecule has 1 heterocycles. The second kappa shape index (κ2) is 3.18. The molecule has 1 radical (unpaired) electrons. The fraction of sp³-hybridized carbons (Fsp3) is 0.857. The first-order valence-corrected chi connectivity index (χ1v) is 3.41. The minimum Gasteiger partial charge on any atom is -0.380 e. The summed E-state index contributed by atoms with van der Waals surface area (Å²) in [6.07, 6.45) is 2.85. The maximum atomic E-state index is 5.18. The van der Waals surface area contributed by atoms with E-state index >= 15 is 0 Å². The topological polar surface area (TPSA) is 12.5 Å². The van der Waals surface area contributed by atoms with Crippen molar-refractivity contribution < 1.29 is 4.74 Å². The zero-order valence-electron chi connectivity index (χ0n) is 5.97. The molecule has 0 amide bonds. The van der Waals surface area contributed by atoms with E-state index in [0.717, 1.165) is 13.1 Å². The highest BCUT2D eigenvalue weighted by Crippen LogP contribution is 2.10. The molecule has 1 saturated heterocycles. The molecule has 0 aliphatic carbocycles.